The first-order valence-electron chi connectivity index (χ1n) is 12.8. The van der Waals surface area contributed by atoms with E-state index in [-0.39, 0.29) is 31.2 Å². The molecule has 38 heavy (non-hydrogen) atoms. The summed E-state index contributed by atoms with van der Waals surface area (Å²) < 4.78 is 39.0. The van der Waals surface area contributed by atoms with Gasteiger partial charge in [0.05, 0.1) is 12.0 Å². The molecule has 2 aromatic carbocycles. The summed E-state index contributed by atoms with van der Waals surface area (Å²) in [6.07, 6.45) is -2.14. The summed E-state index contributed by atoms with van der Waals surface area (Å²) >= 11 is 0. The highest BCUT2D eigenvalue weighted by Crippen LogP contribution is 2.34. The number of alkyl halides is 3. The molecular weight excluding hydrogens is 497 g/mol. The number of rotatable bonds is 11. The lowest BCUT2D eigenvalue weighted by Crippen LogP contribution is -2.68. The molecule has 1 heterocycles. The van der Waals surface area contributed by atoms with E-state index in [9.17, 15) is 27.6 Å². The number of carboxylic acids is 1. The lowest BCUT2D eigenvalue weighted by atomic mass is 9.84. The van der Waals surface area contributed by atoms with Crippen LogP contribution in [0, 0.1) is 13.8 Å². The molecule has 0 spiro atoms. The van der Waals surface area contributed by atoms with Crippen molar-refractivity contribution in [1.29, 1.82) is 0 Å². The first-order valence-corrected chi connectivity index (χ1v) is 12.8. The van der Waals surface area contributed by atoms with Crippen LogP contribution in [0.1, 0.15) is 66.8 Å². The van der Waals surface area contributed by atoms with Gasteiger partial charge in [0.2, 0.25) is 11.8 Å². The molecule has 206 valence electrons. The lowest BCUT2D eigenvalue weighted by Gasteiger charge is -2.51. The van der Waals surface area contributed by atoms with E-state index in [1.54, 1.807) is 16.7 Å². The minimum Gasteiger partial charge on any atom is -0.481 e. The predicted octanol–water partition coefficient (Wildman–Crippen LogP) is 5.53. The van der Waals surface area contributed by atoms with Gasteiger partial charge in [-0.1, -0.05) is 47.9 Å². The van der Waals surface area contributed by atoms with Crippen LogP contribution >= 0.6 is 0 Å². The van der Waals surface area contributed by atoms with Crippen molar-refractivity contribution >= 4 is 17.8 Å². The SMILES string of the molecule is Cc1cc(C)cc(CC(=O)N2CCC2(C)C(=O)N(CCCCCC(=O)O)Cc2ccc(C(F)(F)F)cc2)c1. The summed E-state index contributed by atoms with van der Waals surface area (Å²) in [4.78, 5) is 41.0. The molecule has 9 heteroatoms. The number of hydrogen-bond acceptors (Lipinski definition) is 3. The van der Waals surface area contributed by atoms with E-state index < -0.39 is 23.2 Å². The van der Waals surface area contributed by atoms with Crippen molar-refractivity contribution in [3.63, 3.8) is 0 Å². The molecule has 0 aromatic heterocycles. The number of aliphatic carboxylic acids is 1. The van der Waals surface area contributed by atoms with Crippen LogP contribution < -0.4 is 0 Å². The van der Waals surface area contributed by atoms with Crippen molar-refractivity contribution in [3.05, 3.63) is 70.3 Å². The fraction of sp³-hybridized carbons (Fsp3) is 0.483. The Labute approximate surface area is 221 Å². The molecule has 3 rings (SSSR count). The van der Waals surface area contributed by atoms with E-state index in [0.29, 0.717) is 44.3 Å². The van der Waals surface area contributed by atoms with Gasteiger partial charge in [0, 0.05) is 26.1 Å². The molecule has 6 nitrogen and oxygen atoms in total. The number of benzene rings is 2. The second-order valence-corrected chi connectivity index (χ2v) is 10.4. The van der Waals surface area contributed by atoms with Gasteiger partial charge in [-0.25, -0.2) is 0 Å². The van der Waals surface area contributed by atoms with Gasteiger partial charge in [0.15, 0.2) is 0 Å². The molecule has 1 unspecified atom stereocenters. The third-order valence-corrected chi connectivity index (χ3v) is 7.08. The largest absolute Gasteiger partial charge is 0.481 e. The van der Waals surface area contributed by atoms with Gasteiger partial charge in [0.1, 0.15) is 5.54 Å². The Bertz CT molecular complexity index is 1140. The van der Waals surface area contributed by atoms with Crippen LogP contribution in [0.15, 0.2) is 42.5 Å². The van der Waals surface area contributed by atoms with Crippen LogP contribution in [-0.4, -0.2) is 51.3 Å². The Morgan fingerprint density at radius 2 is 1.61 bits per heavy atom. The Kier molecular flexibility index (Phi) is 9.22. The summed E-state index contributed by atoms with van der Waals surface area (Å²) in [5.41, 5.74) is 1.74. The van der Waals surface area contributed by atoms with Gasteiger partial charge in [-0.3, -0.25) is 14.4 Å². The maximum atomic E-state index is 13.8. The quantitative estimate of drug-likeness (QED) is 0.386. The van der Waals surface area contributed by atoms with Gasteiger partial charge >= 0.3 is 12.1 Å². The molecular formula is C29H35F3N2O4. The molecule has 1 aliphatic rings. The van der Waals surface area contributed by atoms with Gasteiger partial charge in [0.25, 0.3) is 0 Å². The van der Waals surface area contributed by atoms with Gasteiger partial charge in [-0.2, -0.15) is 13.2 Å². The molecule has 2 amide bonds. The third-order valence-electron chi connectivity index (χ3n) is 7.08. The minimum atomic E-state index is -4.45. The van der Waals surface area contributed by atoms with Crippen LogP contribution in [0.5, 0.6) is 0 Å². The molecule has 1 saturated heterocycles. The van der Waals surface area contributed by atoms with Gasteiger partial charge in [-0.15, -0.1) is 0 Å². The molecule has 0 radical (unpaired) electrons. The van der Waals surface area contributed by atoms with E-state index >= 15 is 0 Å². The number of aryl methyl sites for hydroxylation is 2. The average molecular weight is 533 g/mol. The Morgan fingerprint density at radius 1 is 0.974 bits per heavy atom. The van der Waals surface area contributed by atoms with Crippen LogP contribution in [0.4, 0.5) is 13.2 Å². The van der Waals surface area contributed by atoms with Crippen LogP contribution in [0.3, 0.4) is 0 Å². The fourth-order valence-corrected chi connectivity index (χ4v) is 4.99. The average Bonchev–Trinajstić information content (AvgIpc) is 2.80. The van der Waals surface area contributed by atoms with Crippen molar-refractivity contribution in [3.8, 4) is 0 Å². The number of carbonyl (C=O) groups is 3. The Hall–Kier alpha value is -3.36. The molecule has 1 fully saturated rings. The normalized spacial score (nSPS) is 17.2. The number of carboxylic acid groups (broad SMARTS) is 1. The van der Waals surface area contributed by atoms with E-state index in [1.807, 2.05) is 32.0 Å². The number of carbonyl (C=O) groups excluding carboxylic acids is 2. The summed E-state index contributed by atoms with van der Waals surface area (Å²) in [7, 11) is 0. The molecule has 2 aromatic rings. The van der Waals surface area contributed by atoms with Gasteiger partial charge in [-0.05, 0) is 63.3 Å². The zero-order valence-electron chi connectivity index (χ0n) is 22.1. The van der Waals surface area contributed by atoms with Crippen molar-refractivity contribution in [2.45, 2.75) is 77.6 Å². The van der Waals surface area contributed by atoms with E-state index in [1.165, 1.54) is 12.1 Å². The van der Waals surface area contributed by atoms with Crippen molar-refractivity contribution in [1.82, 2.24) is 9.80 Å². The number of halogens is 3. The number of hydrogen-bond donors (Lipinski definition) is 1. The summed E-state index contributed by atoms with van der Waals surface area (Å²) in [5.74, 6) is -1.29. The number of unbranched alkanes of at least 4 members (excludes halogenated alkanes) is 2. The van der Waals surface area contributed by atoms with Crippen LogP contribution in [0.2, 0.25) is 0 Å². The van der Waals surface area contributed by atoms with Crippen molar-refractivity contribution in [2.75, 3.05) is 13.1 Å². The highest BCUT2D eigenvalue weighted by Gasteiger charge is 2.50. The zero-order chi connectivity index (χ0) is 28.1. The zero-order valence-corrected chi connectivity index (χ0v) is 22.1. The highest BCUT2D eigenvalue weighted by molar-refractivity contribution is 5.93. The standard InChI is InChI=1S/C29H35F3N2O4/c1-20-15-21(2)17-23(16-20)18-25(35)34-14-12-28(34,3)27(38)33(13-6-4-5-7-26(36)37)19-22-8-10-24(11-9-22)29(30,31)32/h8-11,15-17H,4-7,12-14,18-19H2,1-3H3,(H,36,37). The molecule has 0 bridgehead atoms. The maximum absolute atomic E-state index is 13.8. The minimum absolute atomic E-state index is 0.0330. The van der Waals surface area contributed by atoms with Crippen molar-refractivity contribution in [2.24, 2.45) is 0 Å². The van der Waals surface area contributed by atoms with E-state index in [4.69, 9.17) is 5.11 Å². The molecule has 0 saturated carbocycles. The highest BCUT2D eigenvalue weighted by atomic mass is 19.4. The first-order chi connectivity index (χ1) is 17.8. The summed E-state index contributed by atoms with van der Waals surface area (Å²) in [6.45, 7) is 6.54. The van der Waals surface area contributed by atoms with E-state index in [2.05, 4.69) is 0 Å². The predicted molar refractivity (Wildman–Crippen MR) is 137 cm³/mol. The van der Waals surface area contributed by atoms with Crippen LogP contribution in [-0.2, 0) is 33.5 Å². The summed E-state index contributed by atoms with van der Waals surface area (Å²) in [5, 5.41) is 8.87. The molecule has 1 atom stereocenters. The summed E-state index contributed by atoms with van der Waals surface area (Å²) in [6, 6.07) is 10.7. The topological polar surface area (TPSA) is 77.9 Å². The fourth-order valence-electron chi connectivity index (χ4n) is 4.99. The van der Waals surface area contributed by atoms with Crippen molar-refractivity contribution < 1.29 is 32.7 Å². The Morgan fingerprint density at radius 3 is 2.13 bits per heavy atom. The van der Waals surface area contributed by atoms with Gasteiger partial charge < -0.3 is 14.9 Å². The molecule has 1 aliphatic heterocycles. The first kappa shape index (κ1) is 29.2. The Balaban J connectivity index is 1.74. The monoisotopic (exact) mass is 532 g/mol. The third kappa shape index (κ3) is 7.36. The lowest BCUT2D eigenvalue weighted by molar-refractivity contribution is -0.164. The smallest absolute Gasteiger partial charge is 0.416 e. The molecule has 1 N–H and O–H groups in total. The van der Waals surface area contributed by atoms with Crippen LogP contribution in [0.25, 0.3) is 0 Å². The van der Waals surface area contributed by atoms with E-state index in [0.717, 1.165) is 28.8 Å². The second kappa shape index (κ2) is 12.0. The number of nitrogens with zero attached hydrogens (tertiary/aromatic N) is 2. The second-order valence-electron chi connectivity index (χ2n) is 10.4. The molecule has 0 aliphatic carbocycles. The maximum Gasteiger partial charge on any atom is 0.416 e. The number of likely N-dealkylation sites (tertiary alicyclic amines) is 1. The number of amides is 2.